The molecule has 3 rings (SSSR count). The first-order chi connectivity index (χ1) is 9.24. The van der Waals surface area contributed by atoms with E-state index in [4.69, 9.17) is 5.73 Å². The van der Waals surface area contributed by atoms with Crippen LogP contribution >= 0.6 is 0 Å². The Morgan fingerprint density at radius 2 is 2.26 bits per heavy atom. The molecule has 0 atom stereocenters. The molecule has 100 valence electrons. The number of nitrogens with two attached hydrogens (primary N) is 1. The molecule has 0 bridgehead atoms. The van der Waals surface area contributed by atoms with Gasteiger partial charge >= 0.3 is 0 Å². The van der Waals surface area contributed by atoms with E-state index in [1.807, 2.05) is 13.1 Å². The fourth-order valence-corrected chi connectivity index (χ4v) is 1.89. The molecule has 3 N–H and O–H groups in total. The van der Waals surface area contributed by atoms with Gasteiger partial charge < -0.3 is 11.1 Å². The third kappa shape index (κ3) is 2.64. The van der Waals surface area contributed by atoms with Crippen LogP contribution in [0.4, 0.5) is 11.6 Å². The predicted octanol–water partition coefficient (Wildman–Crippen LogP) is 0.948. The second-order valence-corrected chi connectivity index (χ2v) is 4.81. The third-order valence-corrected chi connectivity index (χ3v) is 3.25. The molecule has 1 aliphatic carbocycles. The fourth-order valence-electron chi connectivity index (χ4n) is 1.89. The van der Waals surface area contributed by atoms with Crippen molar-refractivity contribution in [1.82, 2.24) is 25.0 Å². The maximum Gasteiger partial charge on any atom is 0.136 e. The largest absolute Gasteiger partial charge is 0.383 e. The van der Waals surface area contributed by atoms with E-state index in [-0.39, 0.29) is 0 Å². The zero-order valence-electron chi connectivity index (χ0n) is 10.9. The van der Waals surface area contributed by atoms with Gasteiger partial charge in [-0.15, -0.1) is 5.10 Å². The monoisotopic (exact) mass is 259 g/mol. The van der Waals surface area contributed by atoms with Crippen molar-refractivity contribution in [2.45, 2.75) is 32.2 Å². The predicted molar refractivity (Wildman–Crippen MR) is 71.7 cm³/mol. The summed E-state index contributed by atoms with van der Waals surface area (Å²) in [5, 5.41) is 11.0. The Hall–Kier alpha value is -2.18. The molecule has 2 aromatic heterocycles. The lowest BCUT2D eigenvalue weighted by Crippen LogP contribution is -2.14. The van der Waals surface area contributed by atoms with E-state index >= 15 is 0 Å². The van der Waals surface area contributed by atoms with Crippen molar-refractivity contribution in [3.63, 3.8) is 0 Å². The number of anilines is 2. The zero-order valence-corrected chi connectivity index (χ0v) is 10.9. The first-order valence-corrected chi connectivity index (χ1v) is 6.46. The standard InChI is InChI=1S/C12H17N7/c1-8-10(13)16-12(9-2-3-9)17-11(8)14-4-6-19-7-5-15-18-19/h5,7,9H,2-4,6H2,1H3,(H3,13,14,16,17). The average Bonchev–Trinajstić information content (AvgIpc) is 3.12. The van der Waals surface area contributed by atoms with Gasteiger partial charge in [0.1, 0.15) is 17.5 Å². The van der Waals surface area contributed by atoms with Crippen molar-refractivity contribution >= 4 is 11.6 Å². The van der Waals surface area contributed by atoms with Crippen LogP contribution in [-0.2, 0) is 6.54 Å². The van der Waals surface area contributed by atoms with Crippen LogP contribution in [-0.4, -0.2) is 31.5 Å². The van der Waals surface area contributed by atoms with Gasteiger partial charge in [0.25, 0.3) is 0 Å². The Bertz CT molecular complexity index is 560. The molecule has 2 aromatic rings. The number of aromatic nitrogens is 5. The summed E-state index contributed by atoms with van der Waals surface area (Å²) >= 11 is 0. The lowest BCUT2D eigenvalue weighted by Gasteiger charge is -2.11. The second kappa shape index (κ2) is 4.83. The minimum absolute atomic E-state index is 0.499. The molecule has 7 heteroatoms. The first-order valence-electron chi connectivity index (χ1n) is 6.46. The van der Waals surface area contributed by atoms with Gasteiger partial charge in [-0.1, -0.05) is 5.21 Å². The van der Waals surface area contributed by atoms with Gasteiger partial charge in [0.2, 0.25) is 0 Å². The highest BCUT2D eigenvalue weighted by molar-refractivity contribution is 5.55. The summed E-state index contributed by atoms with van der Waals surface area (Å²) in [5.74, 6) is 2.76. The van der Waals surface area contributed by atoms with E-state index in [2.05, 4.69) is 25.6 Å². The van der Waals surface area contributed by atoms with Crippen molar-refractivity contribution in [1.29, 1.82) is 0 Å². The molecular formula is C12H17N7. The number of rotatable bonds is 5. The van der Waals surface area contributed by atoms with Gasteiger partial charge in [-0.25, -0.2) is 9.97 Å². The number of nitrogen functional groups attached to an aromatic ring is 1. The van der Waals surface area contributed by atoms with Crippen molar-refractivity contribution in [2.75, 3.05) is 17.6 Å². The van der Waals surface area contributed by atoms with Gasteiger partial charge in [-0.3, -0.25) is 4.68 Å². The highest BCUT2D eigenvalue weighted by Crippen LogP contribution is 2.39. The van der Waals surface area contributed by atoms with Gasteiger partial charge in [-0.05, 0) is 19.8 Å². The topological polar surface area (TPSA) is 94.5 Å². The van der Waals surface area contributed by atoms with Crippen LogP contribution in [0.2, 0.25) is 0 Å². The third-order valence-electron chi connectivity index (χ3n) is 3.25. The summed E-state index contributed by atoms with van der Waals surface area (Å²) in [6, 6.07) is 0. The minimum Gasteiger partial charge on any atom is -0.383 e. The number of hydrogen-bond acceptors (Lipinski definition) is 6. The molecule has 0 unspecified atom stereocenters. The molecule has 7 nitrogen and oxygen atoms in total. The quantitative estimate of drug-likeness (QED) is 0.830. The lowest BCUT2D eigenvalue weighted by molar-refractivity contribution is 0.608. The molecule has 0 spiro atoms. The maximum atomic E-state index is 5.93. The Balaban J connectivity index is 1.69. The summed E-state index contributed by atoms with van der Waals surface area (Å²) in [6.45, 7) is 3.40. The van der Waals surface area contributed by atoms with Crippen molar-refractivity contribution < 1.29 is 0 Å². The van der Waals surface area contributed by atoms with Gasteiger partial charge in [0.05, 0.1) is 12.7 Å². The van der Waals surface area contributed by atoms with Crippen molar-refractivity contribution in [3.05, 3.63) is 23.8 Å². The van der Waals surface area contributed by atoms with Crippen LogP contribution in [0.15, 0.2) is 12.4 Å². The number of nitrogens with one attached hydrogen (secondary N) is 1. The summed E-state index contributed by atoms with van der Waals surface area (Å²) in [6.07, 6.45) is 5.83. The van der Waals surface area contributed by atoms with E-state index in [1.54, 1.807) is 10.9 Å². The summed E-state index contributed by atoms with van der Waals surface area (Å²) in [5.41, 5.74) is 6.84. The van der Waals surface area contributed by atoms with E-state index in [1.165, 1.54) is 12.8 Å². The summed E-state index contributed by atoms with van der Waals surface area (Å²) in [7, 11) is 0. The molecule has 0 saturated heterocycles. The Labute approximate surface area is 111 Å². The van der Waals surface area contributed by atoms with E-state index < -0.39 is 0 Å². The van der Waals surface area contributed by atoms with E-state index in [0.717, 1.165) is 30.3 Å². The van der Waals surface area contributed by atoms with Crippen LogP contribution in [0.3, 0.4) is 0 Å². The molecule has 1 saturated carbocycles. The maximum absolute atomic E-state index is 5.93. The Morgan fingerprint density at radius 3 is 2.95 bits per heavy atom. The molecule has 0 amide bonds. The van der Waals surface area contributed by atoms with Crippen LogP contribution in [0.25, 0.3) is 0 Å². The number of nitrogens with zero attached hydrogens (tertiary/aromatic N) is 5. The molecule has 0 aliphatic heterocycles. The summed E-state index contributed by atoms with van der Waals surface area (Å²) < 4.78 is 1.77. The SMILES string of the molecule is Cc1c(N)nc(C2CC2)nc1NCCn1ccnn1. The zero-order chi connectivity index (χ0) is 13.2. The second-order valence-electron chi connectivity index (χ2n) is 4.81. The van der Waals surface area contributed by atoms with Crippen LogP contribution in [0.1, 0.15) is 30.1 Å². The average molecular weight is 259 g/mol. The first kappa shape index (κ1) is 11.9. The van der Waals surface area contributed by atoms with Crippen LogP contribution < -0.4 is 11.1 Å². The summed E-state index contributed by atoms with van der Waals surface area (Å²) in [4.78, 5) is 8.92. The molecule has 0 aromatic carbocycles. The smallest absolute Gasteiger partial charge is 0.136 e. The van der Waals surface area contributed by atoms with Gasteiger partial charge in [0.15, 0.2) is 0 Å². The molecule has 1 fully saturated rings. The molecule has 1 aliphatic rings. The van der Waals surface area contributed by atoms with Crippen molar-refractivity contribution in [2.24, 2.45) is 0 Å². The number of hydrogen-bond donors (Lipinski definition) is 2. The minimum atomic E-state index is 0.499. The van der Waals surface area contributed by atoms with Crippen LogP contribution in [0.5, 0.6) is 0 Å². The van der Waals surface area contributed by atoms with E-state index in [0.29, 0.717) is 11.7 Å². The van der Waals surface area contributed by atoms with E-state index in [9.17, 15) is 0 Å². The highest BCUT2D eigenvalue weighted by atomic mass is 15.4. The highest BCUT2D eigenvalue weighted by Gasteiger charge is 2.27. The lowest BCUT2D eigenvalue weighted by atomic mass is 10.3. The Kier molecular flexibility index (Phi) is 3.02. The van der Waals surface area contributed by atoms with Crippen molar-refractivity contribution in [3.8, 4) is 0 Å². The normalized spacial score (nSPS) is 14.6. The fraction of sp³-hybridized carbons (Fsp3) is 0.500. The van der Waals surface area contributed by atoms with Gasteiger partial charge in [-0.2, -0.15) is 0 Å². The Morgan fingerprint density at radius 1 is 1.42 bits per heavy atom. The van der Waals surface area contributed by atoms with Crippen LogP contribution in [0, 0.1) is 6.92 Å². The molecule has 0 radical (unpaired) electrons. The molecule has 2 heterocycles. The van der Waals surface area contributed by atoms with Gasteiger partial charge in [0, 0.05) is 24.2 Å². The molecule has 19 heavy (non-hydrogen) atoms. The molecular weight excluding hydrogens is 242 g/mol.